The van der Waals surface area contributed by atoms with Crippen LogP contribution in [0.4, 0.5) is 4.39 Å². The van der Waals surface area contributed by atoms with E-state index in [0.29, 0.717) is 5.92 Å². The van der Waals surface area contributed by atoms with Crippen LogP contribution >= 0.6 is 11.3 Å². The van der Waals surface area contributed by atoms with Crippen molar-refractivity contribution in [2.75, 3.05) is 33.2 Å². The van der Waals surface area contributed by atoms with Crippen LogP contribution in [0.3, 0.4) is 0 Å². The van der Waals surface area contributed by atoms with Crippen LogP contribution in [-0.2, 0) is 13.0 Å². The third-order valence-corrected chi connectivity index (χ3v) is 6.22. The Morgan fingerprint density at radius 3 is 2.78 bits per heavy atom. The first-order valence-corrected chi connectivity index (χ1v) is 11.0. The van der Waals surface area contributed by atoms with Gasteiger partial charge >= 0.3 is 0 Å². The van der Waals surface area contributed by atoms with Crippen molar-refractivity contribution in [2.45, 2.75) is 45.6 Å². The van der Waals surface area contributed by atoms with E-state index in [0.717, 1.165) is 32.0 Å². The lowest BCUT2D eigenvalue weighted by Gasteiger charge is -2.34. The highest BCUT2D eigenvalue weighted by atomic mass is 32.1. The van der Waals surface area contributed by atoms with Crippen LogP contribution in [0.15, 0.2) is 29.6 Å². The number of halogens is 1. The Morgan fingerprint density at radius 1 is 1.30 bits per heavy atom. The molecule has 27 heavy (non-hydrogen) atoms. The summed E-state index contributed by atoms with van der Waals surface area (Å²) in [6.45, 7) is 9.89. The number of thiazole rings is 1. The summed E-state index contributed by atoms with van der Waals surface area (Å²) in [4.78, 5) is 9.77. The standard InChI is InChI=1S/C22H32FN3S/c1-17(2)21-16-27-22(24-21)15-25(3)13-19-5-4-11-26(14-19)12-10-18-6-8-20(23)9-7-18/h6-9,16-17,19H,4-5,10-15H2,1-3H3. The number of hydrogen-bond acceptors (Lipinski definition) is 4. The summed E-state index contributed by atoms with van der Waals surface area (Å²) in [6.07, 6.45) is 3.59. The number of likely N-dealkylation sites (tertiary alicyclic amines) is 1. The molecule has 1 aliphatic heterocycles. The zero-order chi connectivity index (χ0) is 19.2. The number of benzene rings is 1. The van der Waals surface area contributed by atoms with Crippen molar-refractivity contribution in [3.8, 4) is 0 Å². The Hall–Kier alpha value is -1.30. The van der Waals surface area contributed by atoms with Crippen molar-refractivity contribution in [3.05, 3.63) is 51.7 Å². The van der Waals surface area contributed by atoms with Crippen molar-refractivity contribution in [1.82, 2.24) is 14.8 Å². The average molecular weight is 390 g/mol. The fourth-order valence-electron chi connectivity index (χ4n) is 3.84. The highest BCUT2D eigenvalue weighted by Crippen LogP contribution is 2.21. The van der Waals surface area contributed by atoms with Gasteiger partial charge in [-0.25, -0.2) is 9.37 Å². The van der Waals surface area contributed by atoms with Crippen LogP contribution in [0.2, 0.25) is 0 Å². The van der Waals surface area contributed by atoms with Crippen LogP contribution in [-0.4, -0.2) is 48.0 Å². The second-order valence-electron chi connectivity index (χ2n) is 8.20. The molecule has 2 heterocycles. The first-order valence-electron chi connectivity index (χ1n) is 10.1. The van der Waals surface area contributed by atoms with Gasteiger partial charge in [-0.3, -0.25) is 4.90 Å². The molecule has 1 aromatic heterocycles. The zero-order valence-corrected chi connectivity index (χ0v) is 17.6. The number of piperidine rings is 1. The maximum atomic E-state index is 13.0. The van der Waals surface area contributed by atoms with Gasteiger partial charge < -0.3 is 4.90 Å². The Morgan fingerprint density at radius 2 is 2.07 bits per heavy atom. The van der Waals surface area contributed by atoms with Crippen molar-refractivity contribution in [2.24, 2.45) is 5.92 Å². The Kier molecular flexibility index (Phi) is 7.39. The molecule has 0 amide bonds. The molecule has 0 N–H and O–H groups in total. The molecule has 0 radical (unpaired) electrons. The molecule has 1 atom stereocenters. The molecule has 148 valence electrons. The van der Waals surface area contributed by atoms with Crippen LogP contribution in [0, 0.1) is 11.7 Å². The quantitative estimate of drug-likeness (QED) is 0.647. The van der Waals surface area contributed by atoms with Gasteiger partial charge in [0.1, 0.15) is 10.8 Å². The fourth-order valence-corrected chi connectivity index (χ4v) is 4.88. The molecule has 1 aliphatic rings. The second kappa shape index (κ2) is 9.76. The topological polar surface area (TPSA) is 19.4 Å². The third kappa shape index (κ3) is 6.37. The summed E-state index contributed by atoms with van der Waals surface area (Å²) in [5.74, 6) is 1.08. The van der Waals surface area contributed by atoms with Crippen LogP contribution in [0.1, 0.15) is 48.9 Å². The van der Waals surface area contributed by atoms with Crippen molar-refractivity contribution >= 4 is 11.3 Å². The highest BCUT2D eigenvalue weighted by molar-refractivity contribution is 7.09. The molecule has 0 aliphatic carbocycles. The monoisotopic (exact) mass is 389 g/mol. The van der Waals surface area contributed by atoms with Crippen molar-refractivity contribution in [3.63, 3.8) is 0 Å². The summed E-state index contributed by atoms with van der Waals surface area (Å²) in [7, 11) is 2.22. The molecule has 3 rings (SSSR count). The first-order chi connectivity index (χ1) is 13.0. The maximum absolute atomic E-state index is 13.0. The van der Waals surface area contributed by atoms with Gasteiger partial charge in [0.15, 0.2) is 0 Å². The van der Waals surface area contributed by atoms with E-state index >= 15 is 0 Å². The first kappa shape index (κ1) is 20.4. The highest BCUT2D eigenvalue weighted by Gasteiger charge is 2.21. The van der Waals surface area contributed by atoms with E-state index in [1.54, 1.807) is 23.5 Å². The second-order valence-corrected chi connectivity index (χ2v) is 9.15. The molecule has 1 fully saturated rings. The molecule has 0 saturated carbocycles. The lowest BCUT2D eigenvalue weighted by Crippen LogP contribution is -2.40. The van der Waals surface area contributed by atoms with Crippen LogP contribution < -0.4 is 0 Å². The lowest BCUT2D eigenvalue weighted by atomic mass is 9.97. The minimum atomic E-state index is -0.152. The average Bonchev–Trinajstić information content (AvgIpc) is 3.10. The van der Waals surface area contributed by atoms with Gasteiger partial charge in [0.05, 0.1) is 12.2 Å². The summed E-state index contributed by atoms with van der Waals surface area (Å²) < 4.78 is 13.0. The molecule has 1 unspecified atom stereocenters. The van der Waals surface area contributed by atoms with Crippen molar-refractivity contribution in [1.29, 1.82) is 0 Å². The molecule has 0 bridgehead atoms. The van der Waals surface area contributed by atoms with E-state index in [4.69, 9.17) is 4.98 Å². The smallest absolute Gasteiger partial charge is 0.123 e. The number of nitrogens with zero attached hydrogens (tertiary/aromatic N) is 3. The van der Waals surface area contributed by atoms with Crippen LogP contribution in [0.25, 0.3) is 0 Å². The molecule has 5 heteroatoms. The van der Waals surface area contributed by atoms with E-state index in [-0.39, 0.29) is 5.82 Å². The van der Waals surface area contributed by atoms with E-state index < -0.39 is 0 Å². The molecular weight excluding hydrogens is 357 g/mol. The molecular formula is C22H32FN3S. The van der Waals surface area contributed by atoms with Crippen molar-refractivity contribution < 1.29 is 4.39 Å². The molecule has 2 aromatic rings. The van der Waals surface area contributed by atoms with Crippen LogP contribution in [0.5, 0.6) is 0 Å². The van der Waals surface area contributed by atoms with E-state index in [1.807, 2.05) is 12.1 Å². The fraction of sp³-hybridized carbons (Fsp3) is 0.591. The minimum Gasteiger partial charge on any atom is -0.303 e. The number of rotatable bonds is 8. The molecule has 1 aromatic carbocycles. The lowest BCUT2D eigenvalue weighted by molar-refractivity contribution is 0.142. The van der Waals surface area contributed by atoms with E-state index in [1.165, 1.54) is 42.2 Å². The number of aromatic nitrogens is 1. The minimum absolute atomic E-state index is 0.152. The normalized spacial score (nSPS) is 18.5. The molecule has 0 spiro atoms. The summed E-state index contributed by atoms with van der Waals surface area (Å²) in [5.41, 5.74) is 2.44. The largest absolute Gasteiger partial charge is 0.303 e. The SMILES string of the molecule is CC(C)c1csc(CN(C)CC2CCCN(CCc3ccc(F)cc3)C2)n1. The molecule has 1 saturated heterocycles. The van der Waals surface area contributed by atoms with E-state index in [2.05, 4.69) is 36.1 Å². The predicted octanol–water partition coefficient (Wildman–Crippen LogP) is 4.79. The zero-order valence-electron chi connectivity index (χ0n) is 16.8. The Labute approximate surface area is 167 Å². The van der Waals surface area contributed by atoms with Gasteiger partial charge in [0.2, 0.25) is 0 Å². The van der Waals surface area contributed by atoms with Gasteiger partial charge in [-0.2, -0.15) is 0 Å². The van der Waals surface area contributed by atoms with Gasteiger partial charge in [0.25, 0.3) is 0 Å². The van der Waals surface area contributed by atoms with Gasteiger partial charge in [-0.15, -0.1) is 11.3 Å². The van der Waals surface area contributed by atoms with E-state index in [9.17, 15) is 4.39 Å². The third-order valence-electron chi connectivity index (χ3n) is 5.37. The maximum Gasteiger partial charge on any atom is 0.123 e. The summed E-state index contributed by atoms with van der Waals surface area (Å²) in [6, 6.07) is 6.94. The Bertz CT molecular complexity index is 698. The van der Waals surface area contributed by atoms with Gasteiger partial charge in [-0.1, -0.05) is 26.0 Å². The predicted molar refractivity (Wildman–Crippen MR) is 112 cm³/mol. The number of hydrogen-bond donors (Lipinski definition) is 0. The Balaban J connectivity index is 1.43. The summed E-state index contributed by atoms with van der Waals surface area (Å²) in [5, 5.41) is 3.43. The molecule has 3 nitrogen and oxygen atoms in total. The van der Waals surface area contributed by atoms with Gasteiger partial charge in [-0.05, 0) is 62.4 Å². The van der Waals surface area contributed by atoms with Gasteiger partial charge in [0, 0.05) is 25.0 Å². The summed E-state index contributed by atoms with van der Waals surface area (Å²) >= 11 is 1.79.